The van der Waals surface area contributed by atoms with Crippen LogP contribution in [0.4, 0.5) is 0 Å². The second kappa shape index (κ2) is 12.7. The second-order valence-electron chi connectivity index (χ2n) is 6.11. The number of rotatable bonds is 8. The Labute approximate surface area is 183 Å². The van der Waals surface area contributed by atoms with Crippen molar-refractivity contribution in [2.75, 3.05) is 6.54 Å². The van der Waals surface area contributed by atoms with Crippen LogP contribution in [0.2, 0.25) is 0 Å². The number of halogens is 1. The van der Waals surface area contributed by atoms with Gasteiger partial charge in [-0.15, -0.1) is 35.3 Å². The number of hydrogen-bond acceptors (Lipinski definition) is 3. The van der Waals surface area contributed by atoms with Crippen LogP contribution in [-0.4, -0.2) is 24.5 Å². The van der Waals surface area contributed by atoms with Gasteiger partial charge in [0.1, 0.15) is 0 Å². The molecule has 3 N–H and O–H groups in total. The van der Waals surface area contributed by atoms with E-state index in [-0.39, 0.29) is 35.9 Å². The largest absolute Gasteiger partial charge is 0.357 e. The lowest BCUT2D eigenvalue weighted by Crippen LogP contribution is -2.36. The van der Waals surface area contributed by atoms with Gasteiger partial charge in [0, 0.05) is 23.0 Å². The van der Waals surface area contributed by atoms with Gasteiger partial charge in [-0.3, -0.25) is 4.79 Å². The van der Waals surface area contributed by atoms with Gasteiger partial charge in [0.15, 0.2) is 5.96 Å². The van der Waals surface area contributed by atoms with Crippen LogP contribution in [0.5, 0.6) is 0 Å². The van der Waals surface area contributed by atoms with Crippen LogP contribution < -0.4 is 16.0 Å². The van der Waals surface area contributed by atoms with Gasteiger partial charge in [0.05, 0.1) is 13.1 Å². The molecule has 0 fully saturated rings. The number of amides is 1. The molecular weight excluding hydrogens is 471 g/mol. The SMILES string of the molecule is CCNC(=NCc1cccc(C(=O)NC(C)CC)c1)NCc1cccs1.I. The fraction of sp³-hybridized carbons (Fsp3) is 0.400. The Balaban J connectivity index is 0.00000364. The van der Waals surface area contributed by atoms with Crippen LogP contribution in [-0.2, 0) is 13.1 Å². The Morgan fingerprint density at radius 1 is 1.19 bits per heavy atom. The maximum absolute atomic E-state index is 12.3. The Bertz CT molecular complexity index is 719. The molecule has 0 saturated carbocycles. The van der Waals surface area contributed by atoms with Crippen molar-refractivity contribution in [2.24, 2.45) is 4.99 Å². The number of aliphatic imine (C=N–C) groups is 1. The summed E-state index contributed by atoms with van der Waals surface area (Å²) in [6.07, 6.45) is 0.914. The van der Waals surface area contributed by atoms with Gasteiger partial charge in [-0.1, -0.05) is 25.1 Å². The number of nitrogens with zero attached hydrogens (tertiary/aromatic N) is 1. The van der Waals surface area contributed by atoms with E-state index in [9.17, 15) is 4.79 Å². The minimum atomic E-state index is -0.0343. The van der Waals surface area contributed by atoms with E-state index < -0.39 is 0 Å². The monoisotopic (exact) mass is 500 g/mol. The molecular formula is C20H29IN4OS. The lowest BCUT2D eigenvalue weighted by atomic mass is 10.1. The Hall–Kier alpha value is -1.61. The first kappa shape index (κ1) is 23.4. The fourth-order valence-corrected chi connectivity index (χ4v) is 2.96. The average Bonchev–Trinajstić information content (AvgIpc) is 3.17. The molecule has 0 saturated heterocycles. The molecule has 7 heteroatoms. The molecule has 0 aliphatic heterocycles. The maximum Gasteiger partial charge on any atom is 0.251 e. The van der Waals surface area contributed by atoms with Gasteiger partial charge in [0.2, 0.25) is 0 Å². The summed E-state index contributed by atoms with van der Waals surface area (Å²) in [6, 6.07) is 12.0. The molecule has 1 aromatic heterocycles. The molecule has 1 aromatic carbocycles. The van der Waals surface area contributed by atoms with Gasteiger partial charge in [-0.05, 0) is 49.4 Å². The Morgan fingerprint density at radius 2 is 2.00 bits per heavy atom. The summed E-state index contributed by atoms with van der Waals surface area (Å²) in [5, 5.41) is 11.6. The van der Waals surface area contributed by atoms with E-state index in [0.29, 0.717) is 12.1 Å². The molecule has 0 aliphatic carbocycles. The van der Waals surface area contributed by atoms with Crippen LogP contribution in [0.3, 0.4) is 0 Å². The molecule has 148 valence electrons. The van der Waals surface area contributed by atoms with Crippen molar-refractivity contribution >= 4 is 47.2 Å². The van der Waals surface area contributed by atoms with Crippen LogP contribution >= 0.6 is 35.3 Å². The predicted molar refractivity (Wildman–Crippen MR) is 125 cm³/mol. The van der Waals surface area contributed by atoms with Gasteiger partial charge in [-0.25, -0.2) is 4.99 Å². The fourth-order valence-electron chi connectivity index (χ4n) is 2.32. The first-order valence-corrected chi connectivity index (χ1v) is 9.94. The van der Waals surface area contributed by atoms with Gasteiger partial charge in [0.25, 0.3) is 5.91 Å². The third-order valence-corrected chi connectivity index (χ3v) is 4.83. The van der Waals surface area contributed by atoms with Crippen LogP contribution in [0.15, 0.2) is 46.8 Å². The normalized spacial score (nSPS) is 12.0. The van der Waals surface area contributed by atoms with E-state index in [0.717, 1.165) is 31.0 Å². The number of nitrogens with one attached hydrogen (secondary N) is 3. The first-order valence-electron chi connectivity index (χ1n) is 9.06. The van der Waals surface area contributed by atoms with Crippen LogP contribution in [0, 0.1) is 0 Å². The van der Waals surface area contributed by atoms with Gasteiger partial charge >= 0.3 is 0 Å². The van der Waals surface area contributed by atoms with Crippen LogP contribution in [0.25, 0.3) is 0 Å². The highest BCUT2D eigenvalue weighted by Crippen LogP contribution is 2.09. The lowest BCUT2D eigenvalue weighted by molar-refractivity contribution is 0.0939. The summed E-state index contributed by atoms with van der Waals surface area (Å²) < 4.78 is 0. The van der Waals surface area contributed by atoms with E-state index >= 15 is 0 Å². The molecule has 1 amide bonds. The molecule has 0 radical (unpaired) electrons. The number of guanidine groups is 1. The highest BCUT2D eigenvalue weighted by molar-refractivity contribution is 14.0. The predicted octanol–water partition coefficient (Wildman–Crippen LogP) is 4.15. The van der Waals surface area contributed by atoms with Crippen LogP contribution in [0.1, 0.15) is 48.0 Å². The van der Waals surface area contributed by atoms with Gasteiger partial charge < -0.3 is 16.0 Å². The number of hydrogen-bond donors (Lipinski definition) is 3. The molecule has 0 bridgehead atoms. The summed E-state index contributed by atoms with van der Waals surface area (Å²) in [4.78, 5) is 18.2. The third-order valence-electron chi connectivity index (χ3n) is 3.95. The topological polar surface area (TPSA) is 65.5 Å². The molecule has 1 heterocycles. The standard InChI is InChI=1S/C20H28N4OS.HI/c1-4-15(3)24-19(25)17-9-6-8-16(12-17)13-22-20(21-5-2)23-14-18-10-7-11-26-18;/h6-12,15H,4-5,13-14H2,1-3H3,(H,24,25)(H2,21,22,23);1H. The van der Waals surface area contributed by atoms with E-state index in [2.05, 4.69) is 39.3 Å². The Morgan fingerprint density at radius 3 is 2.67 bits per heavy atom. The zero-order valence-electron chi connectivity index (χ0n) is 16.1. The van der Waals surface area contributed by atoms with E-state index in [4.69, 9.17) is 0 Å². The maximum atomic E-state index is 12.3. The van der Waals surface area contributed by atoms with Crippen molar-refractivity contribution in [1.82, 2.24) is 16.0 Å². The van der Waals surface area contributed by atoms with E-state index in [1.807, 2.05) is 44.2 Å². The second-order valence-corrected chi connectivity index (χ2v) is 7.14. The van der Waals surface area contributed by atoms with Crippen molar-refractivity contribution in [3.05, 3.63) is 57.8 Å². The summed E-state index contributed by atoms with van der Waals surface area (Å²) in [5.41, 5.74) is 1.68. The highest BCUT2D eigenvalue weighted by atomic mass is 127. The summed E-state index contributed by atoms with van der Waals surface area (Å²) in [6.45, 7) is 8.18. The number of carbonyl (C=O) groups excluding carboxylic acids is 1. The molecule has 2 rings (SSSR count). The summed E-state index contributed by atoms with van der Waals surface area (Å²) in [7, 11) is 0. The smallest absolute Gasteiger partial charge is 0.251 e. The lowest BCUT2D eigenvalue weighted by Gasteiger charge is -2.12. The summed E-state index contributed by atoms with van der Waals surface area (Å²) in [5.74, 6) is 0.739. The third kappa shape index (κ3) is 8.30. The van der Waals surface area contributed by atoms with Gasteiger partial charge in [-0.2, -0.15) is 0 Å². The van der Waals surface area contributed by atoms with E-state index in [1.54, 1.807) is 11.3 Å². The summed E-state index contributed by atoms with van der Waals surface area (Å²) >= 11 is 1.72. The first-order chi connectivity index (χ1) is 12.6. The van der Waals surface area contributed by atoms with Crippen molar-refractivity contribution in [1.29, 1.82) is 0 Å². The zero-order valence-corrected chi connectivity index (χ0v) is 19.3. The Kier molecular flexibility index (Phi) is 11.0. The highest BCUT2D eigenvalue weighted by Gasteiger charge is 2.09. The average molecular weight is 500 g/mol. The molecule has 1 atom stereocenters. The molecule has 0 spiro atoms. The minimum absolute atomic E-state index is 0. The molecule has 1 unspecified atom stereocenters. The molecule has 0 aliphatic rings. The van der Waals surface area contributed by atoms with Crippen molar-refractivity contribution in [3.8, 4) is 0 Å². The number of thiophene rings is 1. The van der Waals surface area contributed by atoms with Crippen molar-refractivity contribution in [2.45, 2.75) is 46.3 Å². The number of benzene rings is 1. The minimum Gasteiger partial charge on any atom is -0.357 e. The van der Waals surface area contributed by atoms with E-state index in [1.165, 1.54) is 4.88 Å². The molecule has 27 heavy (non-hydrogen) atoms. The number of carbonyl (C=O) groups is 1. The zero-order chi connectivity index (χ0) is 18.8. The molecule has 5 nitrogen and oxygen atoms in total. The quantitative estimate of drug-likeness (QED) is 0.290. The van der Waals surface area contributed by atoms with Crippen molar-refractivity contribution in [3.63, 3.8) is 0 Å². The van der Waals surface area contributed by atoms with Crippen molar-refractivity contribution < 1.29 is 4.79 Å². The molecule has 2 aromatic rings.